The molecule has 0 aromatic carbocycles. The van der Waals surface area contributed by atoms with Crippen molar-refractivity contribution >= 4 is 23.1 Å². The molecule has 2 N–H and O–H groups in total. The third kappa shape index (κ3) is 3.70. The van der Waals surface area contributed by atoms with Crippen molar-refractivity contribution in [3.05, 3.63) is 34.2 Å². The summed E-state index contributed by atoms with van der Waals surface area (Å²) in [5.74, 6) is 0.569. The van der Waals surface area contributed by atoms with Crippen LogP contribution in [0.15, 0.2) is 18.6 Å². The first-order valence-corrected chi connectivity index (χ1v) is 8.74. The molecule has 0 unspecified atom stereocenters. The van der Waals surface area contributed by atoms with E-state index in [1.54, 1.807) is 18.6 Å². The summed E-state index contributed by atoms with van der Waals surface area (Å²) in [5.41, 5.74) is -0.245. The highest BCUT2D eigenvalue weighted by Gasteiger charge is 2.34. The van der Waals surface area contributed by atoms with Crippen LogP contribution in [0.5, 0.6) is 0 Å². The van der Waals surface area contributed by atoms with Gasteiger partial charge in [0.15, 0.2) is 0 Å². The zero-order chi connectivity index (χ0) is 17.2. The summed E-state index contributed by atoms with van der Waals surface area (Å²) in [6.45, 7) is 5.15. The number of β-amino-alcohol motifs (C(OH)–C–C–N with tert-alkyl or cyclic N) is 1. The number of hydrogen-bond donors (Lipinski definition) is 2. The van der Waals surface area contributed by atoms with E-state index in [2.05, 4.69) is 20.3 Å². The summed E-state index contributed by atoms with van der Waals surface area (Å²) in [7, 11) is 0. The molecule has 1 fully saturated rings. The van der Waals surface area contributed by atoms with Gasteiger partial charge >= 0.3 is 0 Å². The van der Waals surface area contributed by atoms with Gasteiger partial charge in [-0.05, 0) is 26.7 Å². The van der Waals surface area contributed by atoms with Gasteiger partial charge < -0.3 is 15.3 Å². The van der Waals surface area contributed by atoms with E-state index in [1.165, 1.54) is 11.3 Å². The van der Waals surface area contributed by atoms with Gasteiger partial charge in [0.2, 0.25) is 0 Å². The molecule has 0 bridgehead atoms. The van der Waals surface area contributed by atoms with Crippen molar-refractivity contribution in [3.63, 3.8) is 0 Å². The number of aliphatic hydroxyl groups is 1. The number of carbonyl (C=O) groups is 1. The van der Waals surface area contributed by atoms with Crippen LogP contribution in [-0.2, 0) is 0 Å². The van der Waals surface area contributed by atoms with E-state index in [0.717, 1.165) is 29.5 Å². The van der Waals surface area contributed by atoms with Gasteiger partial charge in [0.25, 0.3) is 5.91 Å². The molecule has 0 radical (unpaired) electrons. The highest BCUT2D eigenvalue weighted by Crippen LogP contribution is 2.24. The number of hydrogen-bond acceptors (Lipinski definition) is 7. The molecule has 1 aliphatic rings. The quantitative estimate of drug-likeness (QED) is 0.866. The molecule has 24 heavy (non-hydrogen) atoms. The number of piperidine rings is 1. The standard InChI is InChI=1S/C16H21N5O2S/c1-11-14(24-12(2)20-11)15(22)19-9-16(23)4-3-7-21(10-16)13-8-17-5-6-18-13/h5-6,8,23H,3-4,7,9-10H2,1-2H3,(H,19,22)/t16-/m1/s1. The van der Waals surface area contributed by atoms with Crippen LogP contribution in [0.3, 0.4) is 0 Å². The lowest BCUT2D eigenvalue weighted by molar-refractivity contribution is 0.0254. The summed E-state index contributed by atoms with van der Waals surface area (Å²) in [6.07, 6.45) is 6.43. The van der Waals surface area contributed by atoms with E-state index in [9.17, 15) is 9.90 Å². The Kier molecular flexibility index (Phi) is 4.77. The molecule has 128 valence electrons. The average Bonchev–Trinajstić information content (AvgIpc) is 2.92. The number of carbonyl (C=O) groups excluding carboxylic acids is 1. The highest BCUT2D eigenvalue weighted by atomic mass is 32.1. The van der Waals surface area contributed by atoms with Crippen molar-refractivity contribution in [3.8, 4) is 0 Å². The molecule has 1 amide bonds. The smallest absolute Gasteiger partial charge is 0.263 e. The molecule has 7 nitrogen and oxygen atoms in total. The van der Waals surface area contributed by atoms with Crippen LogP contribution in [0.2, 0.25) is 0 Å². The van der Waals surface area contributed by atoms with Gasteiger partial charge in [0.05, 0.1) is 22.5 Å². The van der Waals surface area contributed by atoms with Crippen LogP contribution in [0, 0.1) is 13.8 Å². The first kappa shape index (κ1) is 16.8. The zero-order valence-corrected chi connectivity index (χ0v) is 14.6. The van der Waals surface area contributed by atoms with Crippen LogP contribution in [-0.4, -0.2) is 51.2 Å². The number of nitrogens with zero attached hydrogens (tertiary/aromatic N) is 4. The minimum atomic E-state index is -0.973. The Labute approximate surface area is 144 Å². The summed E-state index contributed by atoms with van der Waals surface area (Å²) < 4.78 is 0. The van der Waals surface area contributed by atoms with Crippen molar-refractivity contribution in [1.82, 2.24) is 20.3 Å². The Morgan fingerprint density at radius 2 is 2.29 bits per heavy atom. The van der Waals surface area contributed by atoms with Crippen LogP contribution in [0.25, 0.3) is 0 Å². The van der Waals surface area contributed by atoms with E-state index in [-0.39, 0.29) is 12.5 Å². The van der Waals surface area contributed by atoms with Crippen LogP contribution in [0.1, 0.15) is 33.2 Å². The fraction of sp³-hybridized carbons (Fsp3) is 0.500. The topological polar surface area (TPSA) is 91.2 Å². The summed E-state index contributed by atoms with van der Waals surface area (Å²) in [5, 5.41) is 14.6. The lowest BCUT2D eigenvalue weighted by Gasteiger charge is -2.39. The molecule has 8 heteroatoms. The highest BCUT2D eigenvalue weighted by molar-refractivity contribution is 7.13. The van der Waals surface area contributed by atoms with Crippen LogP contribution < -0.4 is 10.2 Å². The summed E-state index contributed by atoms with van der Waals surface area (Å²) >= 11 is 1.37. The molecule has 3 rings (SSSR count). The largest absolute Gasteiger partial charge is 0.386 e. The monoisotopic (exact) mass is 347 g/mol. The fourth-order valence-electron chi connectivity index (χ4n) is 2.97. The lowest BCUT2D eigenvalue weighted by atomic mass is 9.92. The van der Waals surface area contributed by atoms with Crippen LogP contribution >= 0.6 is 11.3 Å². The van der Waals surface area contributed by atoms with Crippen molar-refractivity contribution in [2.45, 2.75) is 32.3 Å². The predicted molar refractivity (Wildman–Crippen MR) is 92.4 cm³/mol. The maximum Gasteiger partial charge on any atom is 0.263 e. The molecule has 2 aromatic heterocycles. The van der Waals surface area contributed by atoms with Gasteiger partial charge in [-0.2, -0.15) is 0 Å². The Hall–Kier alpha value is -2.06. The van der Waals surface area contributed by atoms with Gasteiger partial charge in [-0.3, -0.25) is 9.78 Å². The van der Waals surface area contributed by atoms with Crippen molar-refractivity contribution < 1.29 is 9.90 Å². The number of anilines is 1. The summed E-state index contributed by atoms with van der Waals surface area (Å²) in [4.78, 5) is 27.6. The Bertz CT molecular complexity index is 721. The van der Waals surface area contributed by atoms with Crippen molar-refractivity contribution in [2.75, 3.05) is 24.5 Å². The van der Waals surface area contributed by atoms with E-state index < -0.39 is 5.60 Å². The number of aromatic nitrogens is 3. The van der Waals surface area contributed by atoms with Gasteiger partial charge in [0.1, 0.15) is 10.7 Å². The number of amides is 1. The van der Waals surface area contributed by atoms with Gasteiger partial charge in [0, 0.05) is 32.0 Å². The molecule has 1 saturated heterocycles. The number of thiazole rings is 1. The second-order valence-electron chi connectivity index (χ2n) is 6.14. The summed E-state index contributed by atoms with van der Waals surface area (Å²) in [6, 6.07) is 0. The maximum atomic E-state index is 12.3. The van der Waals surface area contributed by atoms with Crippen molar-refractivity contribution in [2.24, 2.45) is 0 Å². The van der Waals surface area contributed by atoms with Crippen molar-refractivity contribution in [1.29, 1.82) is 0 Å². The fourth-order valence-corrected chi connectivity index (χ4v) is 3.81. The van der Waals surface area contributed by atoms with Gasteiger partial charge in [-0.25, -0.2) is 9.97 Å². The molecular formula is C16H21N5O2S. The normalized spacial score (nSPS) is 20.9. The molecule has 0 aliphatic carbocycles. The molecule has 0 saturated carbocycles. The Morgan fingerprint density at radius 3 is 2.96 bits per heavy atom. The predicted octanol–water partition coefficient (Wildman–Crippen LogP) is 1.31. The Balaban J connectivity index is 1.63. The lowest BCUT2D eigenvalue weighted by Crippen LogP contribution is -2.54. The van der Waals surface area contributed by atoms with E-state index in [0.29, 0.717) is 17.8 Å². The number of aryl methyl sites for hydroxylation is 2. The first-order valence-electron chi connectivity index (χ1n) is 7.92. The number of rotatable bonds is 4. The maximum absolute atomic E-state index is 12.3. The molecule has 2 aromatic rings. The van der Waals surface area contributed by atoms with Gasteiger partial charge in [-0.15, -0.1) is 11.3 Å². The Morgan fingerprint density at radius 1 is 1.46 bits per heavy atom. The number of nitrogens with one attached hydrogen (secondary N) is 1. The van der Waals surface area contributed by atoms with E-state index in [4.69, 9.17) is 0 Å². The average molecular weight is 347 g/mol. The molecule has 1 aliphatic heterocycles. The van der Waals surface area contributed by atoms with Gasteiger partial charge in [-0.1, -0.05) is 0 Å². The van der Waals surface area contributed by atoms with Crippen LogP contribution in [0.4, 0.5) is 5.82 Å². The third-order valence-electron chi connectivity index (χ3n) is 4.12. The third-order valence-corrected chi connectivity index (χ3v) is 5.19. The molecule has 1 atom stereocenters. The molecular weight excluding hydrogens is 326 g/mol. The minimum Gasteiger partial charge on any atom is -0.386 e. The molecule has 0 spiro atoms. The second-order valence-corrected chi connectivity index (χ2v) is 7.35. The van der Waals surface area contributed by atoms with E-state index >= 15 is 0 Å². The minimum absolute atomic E-state index is 0.178. The SMILES string of the molecule is Cc1nc(C)c(C(=O)NC[C@]2(O)CCCN(c3cnccn3)C2)s1. The molecule has 3 heterocycles. The first-order chi connectivity index (χ1) is 11.5. The second kappa shape index (κ2) is 6.82. The van der Waals surface area contributed by atoms with E-state index in [1.807, 2.05) is 18.7 Å². The zero-order valence-electron chi connectivity index (χ0n) is 13.8.